The number of rotatable bonds is 4. The third-order valence-corrected chi connectivity index (χ3v) is 3.86. The number of nitrogens with zero attached hydrogens (tertiary/aromatic N) is 2. The molecule has 1 aromatic carbocycles. The van der Waals surface area contributed by atoms with Crippen LogP contribution in [0.1, 0.15) is 18.1 Å². The van der Waals surface area contributed by atoms with Crippen molar-refractivity contribution < 1.29 is 0 Å². The summed E-state index contributed by atoms with van der Waals surface area (Å²) in [5.41, 5.74) is 8.50. The summed E-state index contributed by atoms with van der Waals surface area (Å²) in [6.07, 6.45) is 0. The lowest BCUT2D eigenvalue weighted by Crippen LogP contribution is -2.51. The maximum Gasteiger partial charge on any atom is 0.0234 e. The first-order chi connectivity index (χ1) is 8.69. The third-order valence-electron chi connectivity index (χ3n) is 3.86. The van der Waals surface area contributed by atoms with E-state index in [0.29, 0.717) is 6.04 Å². The van der Waals surface area contributed by atoms with Crippen LogP contribution in [0.15, 0.2) is 24.3 Å². The van der Waals surface area contributed by atoms with Crippen molar-refractivity contribution in [3.05, 3.63) is 35.4 Å². The Balaban J connectivity index is 1.83. The standard InChI is InChI=1S/C15H25N3/c1-13-4-3-5-15(10-13)12-17-6-8-18(9-7-17)14(2)11-16/h3-5,10,14H,6-9,11-12,16H2,1-2H3. The summed E-state index contributed by atoms with van der Waals surface area (Å²) in [6, 6.07) is 9.34. The molecule has 1 atom stereocenters. The van der Waals surface area contributed by atoms with E-state index in [2.05, 4.69) is 47.9 Å². The summed E-state index contributed by atoms with van der Waals surface area (Å²) in [5, 5.41) is 0. The molecule has 1 aliphatic heterocycles. The molecule has 0 aliphatic carbocycles. The Morgan fingerprint density at radius 3 is 2.56 bits per heavy atom. The van der Waals surface area contributed by atoms with Crippen LogP contribution in [0.5, 0.6) is 0 Å². The van der Waals surface area contributed by atoms with Gasteiger partial charge in [-0.2, -0.15) is 0 Å². The topological polar surface area (TPSA) is 32.5 Å². The molecule has 0 saturated carbocycles. The van der Waals surface area contributed by atoms with Crippen molar-refractivity contribution >= 4 is 0 Å². The highest BCUT2D eigenvalue weighted by atomic mass is 15.3. The van der Waals surface area contributed by atoms with Crippen molar-refractivity contribution in [1.29, 1.82) is 0 Å². The minimum atomic E-state index is 0.520. The third kappa shape index (κ3) is 3.55. The highest BCUT2D eigenvalue weighted by Gasteiger charge is 2.19. The van der Waals surface area contributed by atoms with Gasteiger partial charge in [0.25, 0.3) is 0 Å². The Hall–Kier alpha value is -0.900. The Kier molecular flexibility index (Phi) is 4.75. The number of benzene rings is 1. The highest BCUT2D eigenvalue weighted by Crippen LogP contribution is 2.11. The normalized spacial score (nSPS) is 19.9. The summed E-state index contributed by atoms with van der Waals surface area (Å²) in [5.74, 6) is 0. The molecule has 0 aromatic heterocycles. The molecule has 0 bridgehead atoms. The van der Waals surface area contributed by atoms with Crippen LogP contribution in [0.25, 0.3) is 0 Å². The van der Waals surface area contributed by atoms with Crippen LogP contribution in [-0.2, 0) is 6.54 Å². The van der Waals surface area contributed by atoms with Gasteiger partial charge in [-0.15, -0.1) is 0 Å². The van der Waals surface area contributed by atoms with E-state index in [1.807, 2.05) is 0 Å². The van der Waals surface area contributed by atoms with Gasteiger partial charge in [-0.3, -0.25) is 9.80 Å². The van der Waals surface area contributed by atoms with E-state index in [-0.39, 0.29) is 0 Å². The van der Waals surface area contributed by atoms with Gasteiger partial charge in [-0.05, 0) is 19.4 Å². The van der Waals surface area contributed by atoms with Gasteiger partial charge >= 0.3 is 0 Å². The number of piperazine rings is 1. The molecule has 1 aromatic rings. The summed E-state index contributed by atoms with van der Waals surface area (Å²) >= 11 is 0. The zero-order valence-electron chi connectivity index (χ0n) is 11.6. The number of hydrogen-bond acceptors (Lipinski definition) is 3. The second-order valence-electron chi connectivity index (χ2n) is 5.39. The van der Waals surface area contributed by atoms with E-state index in [0.717, 1.165) is 39.3 Å². The fourth-order valence-electron chi connectivity index (χ4n) is 2.58. The van der Waals surface area contributed by atoms with E-state index in [1.165, 1.54) is 11.1 Å². The molecule has 2 N–H and O–H groups in total. The maximum absolute atomic E-state index is 5.72. The first-order valence-corrected chi connectivity index (χ1v) is 6.91. The van der Waals surface area contributed by atoms with Crippen LogP contribution in [-0.4, -0.2) is 48.6 Å². The van der Waals surface area contributed by atoms with Gasteiger partial charge in [-0.25, -0.2) is 0 Å². The number of hydrogen-bond donors (Lipinski definition) is 1. The quantitative estimate of drug-likeness (QED) is 0.874. The molecule has 0 radical (unpaired) electrons. The molecule has 1 fully saturated rings. The highest BCUT2D eigenvalue weighted by molar-refractivity contribution is 5.22. The van der Waals surface area contributed by atoms with Crippen LogP contribution in [0.3, 0.4) is 0 Å². The molecular weight excluding hydrogens is 222 g/mol. The molecular formula is C15H25N3. The van der Waals surface area contributed by atoms with Gasteiger partial charge < -0.3 is 5.73 Å². The van der Waals surface area contributed by atoms with Gasteiger partial charge in [0.05, 0.1) is 0 Å². The molecule has 18 heavy (non-hydrogen) atoms. The van der Waals surface area contributed by atoms with Gasteiger partial charge in [0.15, 0.2) is 0 Å². The number of nitrogens with two attached hydrogens (primary N) is 1. The predicted octanol–water partition coefficient (Wildman–Crippen LogP) is 1.46. The molecule has 100 valence electrons. The first kappa shape index (κ1) is 13.5. The average Bonchev–Trinajstić information content (AvgIpc) is 2.39. The first-order valence-electron chi connectivity index (χ1n) is 6.91. The minimum absolute atomic E-state index is 0.520. The number of aryl methyl sites for hydroxylation is 1. The van der Waals surface area contributed by atoms with Gasteiger partial charge in [0, 0.05) is 45.3 Å². The Morgan fingerprint density at radius 2 is 1.94 bits per heavy atom. The van der Waals surface area contributed by atoms with Crippen LogP contribution in [0.4, 0.5) is 0 Å². The Bertz CT molecular complexity index is 370. The van der Waals surface area contributed by atoms with Crippen molar-refractivity contribution in [3.63, 3.8) is 0 Å². The second kappa shape index (κ2) is 6.32. The Morgan fingerprint density at radius 1 is 1.22 bits per heavy atom. The lowest BCUT2D eigenvalue weighted by molar-refractivity contribution is 0.100. The van der Waals surface area contributed by atoms with Gasteiger partial charge in [-0.1, -0.05) is 29.8 Å². The van der Waals surface area contributed by atoms with E-state index < -0.39 is 0 Å². The van der Waals surface area contributed by atoms with E-state index >= 15 is 0 Å². The summed E-state index contributed by atoms with van der Waals surface area (Å²) in [7, 11) is 0. The van der Waals surface area contributed by atoms with Gasteiger partial charge in [0.2, 0.25) is 0 Å². The van der Waals surface area contributed by atoms with Crippen molar-refractivity contribution in [2.45, 2.75) is 26.4 Å². The minimum Gasteiger partial charge on any atom is -0.329 e. The maximum atomic E-state index is 5.72. The van der Waals surface area contributed by atoms with Crippen LogP contribution >= 0.6 is 0 Å². The molecule has 1 saturated heterocycles. The lowest BCUT2D eigenvalue weighted by Gasteiger charge is -2.37. The van der Waals surface area contributed by atoms with Gasteiger partial charge in [0.1, 0.15) is 0 Å². The van der Waals surface area contributed by atoms with E-state index in [9.17, 15) is 0 Å². The monoisotopic (exact) mass is 247 g/mol. The molecule has 1 heterocycles. The zero-order valence-corrected chi connectivity index (χ0v) is 11.6. The zero-order chi connectivity index (χ0) is 13.0. The van der Waals surface area contributed by atoms with Crippen molar-refractivity contribution in [3.8, 4) is 0 Å². The summed E-state index contributed by atoms with van der Waals surface area (Å²) in [4.78, 5) is 5.03. The summed E-state index contributed by atoms with van der Waals surface area (Å²) in [6.45, 7) is 10.8. The molecule has 1 unspecified atom stereocenters. The van der Waals surface area contributed by atoms with E-state index in [1.54, 1.807) is 0 Å². The fraction of sp³-hybridized carbons (Fsp3) is 0.600. The predicted molar refractivity (Wildman–Crippen MR) is 76.5 cm³/mol. The van der Waals surface area contributed by atoms with Crippen molar-refractivity contribution in [2.24, 2.45) is 5.73 Å². The van der Waals surface area contributed by atoms with Crippen molar-refractivity contribution in [1.82, 2.24) is 9.80 Å². The molecule has 0 spiro atoms. The van der Waals surface area contributed by atoms with Crippen LogP contribution < -0.4 is 5.73 Å². The molecule has 1 aliphatic rings. The largest absolute Gasteiger partial charge is 0.329 e. The van der Waals surface area contributed by atoms with Crippen molar-refractivity contribution in [2.75, 3.05) is 32.7 Å². The molecule has 2 rings (SSSR count). The lowest BCUT2D eigenvalue weighted by atomic mass is 10.1. The molecule has 3 nitrogen and oxygen atoms in total. The fourth-order valence-corrected chi connectivity index (χ4v) is 2.58. The van der Waals surface area contributed by atoms with Crippen LogP contribution in [0, 0.1) is 6.92 Å². The molecule has 3 heteroatoms. The second-order valence-corrected chi connectivity index (χ2v) is 5.39. The van der Waals surface area contributed by atoms with Crippen LogP contribution in [0.2, 0.25) is 0 Å². The summed E-state index contributed by atoms with van der Waals surface area (Å²) < 4.78 is 0. The van der Waals surface area contributed by atoms with E-state index in [4.69, 9.17) is 5.73 Å². The smallest absolute Gasteiger partial charge is 0.0234 e. The average molecular weight is 247 g/mol. The molecule has 0 amide bonds. The SMILES string of the molecule is Cc1cccc(CN2CCN(C(C)CN)CC2)c1. The Labute approximate surface area is 111 Å².